The van der Waals surface area contributed by atoms with Crippen LogP contribution in [-0.2, 0) is 29.2 Å². The lowest BCUT2D eigenvalue weighted by molar-refractivity contribution is -0.192. The van der Waals surface area contributed by atoms with E-state index in [0.717, 1.165) is 30.9 Å². The van der Waals surface area contributed by atoms with Gasteiger partial charge in [-0.25, -0.2) is 9.48 Å². The maximum Gasteiger partial charge on any atom is 0.490 e. The Kier molecular flexibility index (Phi) is 8.56. The number of carbonyl (C=O) groups excluding carboxylic acids is 1. The van der Waals surface area contributed by atoms with Crippen LogP contribution in [0.4, 0.5) is 13.2 Å². The fraction of sp³-hybridized carbons (Fsp3) is 0.556. The molecule has 0 saturated heterocycles. The maximum absolute atomic E-state index is 12.5. The molecule has 31 heavy (non-hydrogen) atoms. The van der Waals surface area contributed by atoms with Crippen molar-refractivity contribution in [3.8, 4) is 0 Å². The molecule has 3 heterocycles. The van der Waals surface area contributed by atoms with E-state index in [9.17, 15) is 18.0 Å². The number of ether oxygens (including phenoxy) is 1. The third-order valence-corrected chi connectivity index (χ3v) is 4.24. The van der Waals surface area contributed by atoms with Crippen molar-refractivity contribution in [2.45, 2.75) is 32.3 Å². The van der Waals surface area contributed by atoms with Gasteiger partial charge in [-0.2, -0.15) is 13.2 Å². The summed E-state index contributed by atoms with van der Waals surface area (Å²) in [6.45, 7) is 3.79. The number of alkyl halides is 3. The van der Waals surface area contributed by atoms with Gasteiger partial charge in [0.25, 0.3) is 5.91 Å². The van der Waals surface area contributed by atoms with Gasteiger partial charge in [0, 0.05) is 19.6 Å². The van der Waals surface area contributed by atoms with Crippen molar-refractivity contribution in [1.29, 1.82) is 0 Å². The Morgan fingerprint density at radius 3 is 2.61 bits per heavy atom. The highest BCUT2D eigenvalue weighted by Crippen LogP contribution is 2.18. The van der Waals surface area contributed by atoms with Gasteiger partial charge < -0.3 is 24.1 Å². The molecule has 0 spiro atoms. The minimum Gasteiger partial charge on any atom is -0.475 e. The van der Waals surface area contributed by atoms with Gasteiger partial charge in [0.15, 0.2) is 5.76 Å². The number of hydrogen-bond acceptors (Lipinski definition) is 7. The summed E-state index contributed by atoms with van der Waals surface area (Å²) in [6.07, 6.45) is -2.73. The molecule has 0 aliphatic carbocycles. The summed E-state index contributed by atoms with van der Waals surface area (Å²) in [6, 6.07) is 3.41. The van der Waals surface area contributed by atoms with Crippen LogP contribution in [0.2, 0.25) is 0 Å². The predicted octanol–water partition coefficient (Wildman–Crippen LogP) is 1.63. The zero-order chi connectivity index (χ0) is 23.0. The summed E-state index contributed by atoms with van der Waals surface area (Å²) in [4.78, 5) is 25.3. The van der Waals surface area contributed by atoms with E-state index in [-0.39, 0.29) is 5.91 Å². The Morgan fingerprint density at radius 2 is 2.03 bits per heavy atom. The molecule has 2 aromatic heterocycles. The van der Waals surface area contributed by atoms with Crippen molar-refractivity contribution >= 4 is 11.9 Å². The molecule has 0 fully saturated rings. The summed E-state index contributed by atoms with van der Waals surface area (Å²) < 4.78 is 44.5. The average Bonchev–Trinajstić information content (AvgIpc) is 3.30. The standard InChI is InChI=1S/C16H23N5O3.C2HF3O2/c1-19(2)8-10-23-12-13-14-11-20(6-4-7-21(14)18-17-13)16(22)15-5-3-9-24-15;3-2(4,5)1(6)7/h3,5,9H,4,6-8,10-12H2,1-2H3;(H,6,7). The summed E-state index contributed by atoms with van der Waals surface area (Å²) in [5.41, 5.74) is 1.74. The number of aromatic nitrogens is 3. The second-order valence-electron chi connectivity index (χ2n) is 6.92. The van der Waals surface area contributed by atoms with E-state index in [2.05, 4.69) is 15.2 Å². The summed E-state index contributed by atoms with van der Waals surface area (Å²) in [5, 5.41) is 15.6. The molecular weight excluding hydrogens is 423 g/mol. The number of rotatable bonds is 6. The van der Waals surface area contributed by atoms with E-state index >= 15 is 0 Å². The predicted molar refractivity (Wildman–Crippen MR) is 100.0 cm³/mol. The zero-order valence-corrected chi connectivity index (χ0v) is 17.1. The Bertz CT molecular complexity index is 851. The van der Waals surface area contributed by atoms with Gasteiger partial charge in [-0.15, -0.1) is 5.10 Å². The second kappa shape index (κ2) is 10.9. The van der Waals surface area contributed by atoms with E-state index in [1.807, 2.05) is 18.8 Å². The lowest BCUT2D eigenvalue weighted by Gasteiger charge is -2.19. The van der Waals surface area contributed by atoms with Crippen LogP contribution < -0.4 is 0 Å². The first-order chi connectivity index (χ1) is 14.6. The molecule has 1 N–H and O–H groups in total. The number of aryl methyl sites for hydroxylation is 1. The molecule has 3 rings (SSSR count). The molecule has 0 aromatic carbocycles. The Labute approximate surface area is 176 Å². The summed E-state index contributed by atoms with van der Waals surface area (Å²) >= 11 is 0. The first-order valence-electron chi connectivity index (χ1n) is 9.36. The molecule has 1 aliphatic rings. The Morgan fingerprint density at radius 1 is 1.32 bits per heavy atom. The van der Waals surface area contributed by atoms with E-state index in [1.165, 1.54) is 6.26 Å². The van der Waals surface area contributed by atoms with Gasteiger partial charge in [-0.3, -0.25) is 4.79 Å². The highest BCUT2D eigenvalue weighted by atomic mass is 19.4. The fourth-order valence-electron chi connectivity index (χ4n) is 2.65. The van der Waals surface area contributed by atoms with Gasteiger partial charge in [0.2, 0.25) is 0 Å². The second-order valence-corrected chi connectivity index (χ2v) is 6.92. The molecule has 172 valence electrons. The molecule has 0 atom stereocenters. The third kappa shape index (κ3) is 7.36. The fourth-order valence-corrected chi connectivity index (χ4v) is 2.65. The number of hydrogen-bond donors (Lipinski definition) is 1. The van der Waals surface area contributed by atoms with Crippen molar-refractivity contribution in [1.82, 2.24) is 24.8 Å². The monoisotopic (exact) mass is 447 g/mol. The van der Waals surface area contributed by atoms with Gasteiger partial charge in [0.1, 0.15) is 5.69 Å². The van der Waals surface area contributed by atoms with Gasteiger partial charge in [-0.05, 0) is 32.6 Å². The average molecular weight is 447 g/mol. The zero-order valence-electron chi connectivity index (χ0n) is 17.1. The normalized spacial score (nSPS) is 13.9. The van der Waals surface area contributed by atoms with Crippen LogP contribution in [0.3, 0.4) is 0 Å². The van der Waals surface area contributed by atoms with Gasteiger partial charge in [0.05, 0.1) is 31.7 Å². The van der Waals surface area contributed by atoms with E-state index in [4.69, 9.17) is 19.1 Å². The Balaban J connectivity index is 0.000000423. The van der Waals surface area contributed by atoms with Crippen LogP contribution in [0.5, 0.6) is 0 Å². The first kappa shape index (κ1) is 24.3. The molecule has 1 aliphatic heterocycles. The quantitative estimate of drug-likeness (QED) is 0.665. The molecular formula is C18H24F3N5O5. The summed E-state index contributed by atoms with van der Waals surface area (Å²) in [7, 11) is 4.01. The van der Waals surface area contributed by atoms with Crippen LogP contribution in [-0.4, -0.2) is 81.7 Å². The maximum atomic E-state index is 12.5. The first-order valence-corrected chi connectivity index (χ1v) is 9.36. The molecule has 0 saturated carbocycles. The molecule has 0 bridgehead atoms. The third-order valence-electron chi connectivity index (χ3n) is 4.24. The largest absolute Gasteiger partial charge is 0.490 e. The Hall–Kier alpha value is -2.93. The van der Waals surface area contributed by atoms with Crippen LogP contribution in [0.25, 0.3) is 0 Å². The molecule has 0 radical (unpaired) electrons. The number of furan rings is 1. The number of likely N-dealkylation sites (N-methyl/N-ethyl adjacent to an activating group) is 1. The van der Waals surface area contributed by atoms with Crippen molar-refractivity contribution in [2.24, 2.45) is 0 Å². The number of carbonyl (C=O) groups is 2. The van der Waals surface area contributed by atoms with E-state index < -0.39 is 12.1 Å². The number of halogens is 3. The molecule has 10 nitrogen and oxygen atoms in total. The van der Waals surface area contributed by atoms with Crippen molar-refractivity contribution in [3.05, 3.63) is 35.5 Å². The minimum absolute atomic E-state index is 0.103. The van der Waals surface area contributed by atoms with Crippen LogP contribution in [0.1, 0.15) is 28.4 Å². The summed E-state index contributed by atoms with van der Waals surface area (Å²) in [5.74, 6) is -2.50. The van der Waals surface area contributed by atoms with Crippen LogP contribution >= 0.6 is 0 Å². The van der Waals surface area contributed by atoms with Crippen molar-refractivity contribution in [2.75, 3.05) is 33.8 Å². The SMILES string of the molecule is CN(C)CCOCc1nnn2c1CN(C(=O)c1ccco1)CCC2.O=C(O)C(F)(F)F. The highest BCUT2D eigenvalue weighted by molar-refractivity contribution is 5.91. The molecule has 13 heteroatoms. The topological polar surface area (TPSA) is 114 Å². The van der Waals surface area contributed by atoms with E-state index in [0.29, 0.717) is 32.1 Å². The lowest BCUT2D eigenvalue weighted by atomic mass is 10.3. The van der Waals surface area contributed by atoms with Crippen LogP contribution in [0.15, 0.2) is 22.8 Å². The number of nitrogens with zero attached hydrogens (tertiary/aromatic N) is 5. The van der Waals surface area contributed by atoms with E-state index in [1.54, 1.807) is 17.0 Å². The lowest BCUT2D eigenvalue weighted by Crippen LogP contribution is -2.30. The van der Waals surface area contributed by atoms with Crippen molar-refractivity contribution < 1.29 is 37.0 Å². The minimum atomic E-state index is -5.08. The molecule has 1 amide bonds. The number of aliphatic carboxylic acids is 1. The number of amides is 1. The number of carboxylic acids is 1. The molecule has 2 aromatic rings. The van der Waals surface area contributed by atoms with Crippen LogP contribution in [0, 0.1) is 0 Å². The van der Waals surface area contributed by atoms with Gasteiger partial charge in [-0.1, -0.05) is 5.21 Å². The van der Waals surface area contributed by atoms with Crippen molar-refractivity contribution in [3.63, 3.8) is 0 Å². The number of fused-ring (bicyclic) bond motifs is 1. The smallest absolute Gasteiger partial charge is 0.475 e. The molecule has 0 unspecified atom stereocenters. The number of carboxylic acid groups (broad SMARTS) is 1. The highest BCUT2D eigenvalue weighted by Gasteiger charge is 2.38. The van der Waals surface area contributed by atoms with Gasteiger partial charge >= 0.3 is 12.1 Å².